The highest BCUT2D eigenvalue weighted by Crippen LogP contribution is 2.11. The van der Waals surface area contributed by atoms with Crippen LogP contribution in [0.3, 0.4) is 0 Å². The SMILES string of the molecule is C[B-](c1ccccc1)c1cccc2ccccc12. The molecule has 0 aliphatic carbocycles. The van der Waals surface area contributed by atoms with E-state index in [0.717, 1.165) is 0 Å². The molecule has 0 aliphatic heterocycles. The molecule has 0 saturated heterocycles. The van der Waals surface area contributed by atoms with Gasteiger partial charge in [0.1, 0.15) is 0 Å². The number of rotatable bonds is 2. The van der Waals surface area contributed by atoms with Crippen molar-refractivity contribution in [1.82, 2.24) is 0 Å². The van der Waals surface area contributed by atoms with E-state index < -0.39 is 0 Å². The third kappa shape index (κ3) is 1.93. The maximum atomic E-state index is 2.27. The fraction of sp³-hybridized carbons (Fsp3) is 0.0588. The first-order valence-corrected chi connectivity index (χ1v) is 6.39. The summed E-state index contributed by atoms with van der Waals surface area (Å²) in [5, 5.41) is 2.68. The van der Waals surface area contributed by atoms with Gasteiger partial charge in [0.05, 0.1) is 0 Å². The van der Waals surface area contributed by atoms with Gasteiger partial charge in [-0.3, -0.25) is 0 Å². The molecule has 0 spiro atoms. The molecule has 1 radical (unpaired) electrons. The number of hydrogen-bond donors (Lipinski definition) is 0. The molecular formula is C17H15B-. The zero-order valence-corrected chi connectivity index (χ0v) is 10.5. The van der Waals surface area contributed by atoms with Gasteiger partial charge in [0, 0.05) is 0 Å². The van der Waals surface area contributed by atoms with Crippen LogP contribution in [-0.4, -0.2) is 6.71 Å². The van der Waals surface area contributed by atoms with Crippen LogP contribution in [0.5, 0.6) is 0 Å². The normalized spacial score (nSPS) is 11.0. The Morgan fingerprint density at radius 3 is 2.17 bits per heavy atom. The summed E-state index contributed by atoms with van der Waals surface area (Å²) >= 11 is 0. The summed E-state index contributed by atoms with van der Waals surface area (Å²) in [6, 6.07) is 25.9. The fourth-order valence-corrected chi connectivity index (χ4v) is 2.55. The quantitative estimate of drug-likeness (QED) is 0.593. The minimum atomic E-state index is 0.428. The van der Waals surface area contributed by atoms with Gasteiger partial charge in [-0.25, -0.2) is 17.7 Å². The molecule has 0 atom stereocenters. The average Bonchev–Trinajstić information content (AvgIpc) is 2.47. The van der Waals surface area contributed by atoms with Crippen molar-refractivity contribution >= 4 is 28.4 Å². The molecule has 18 heavy (non-hydrogen) atoms. The number of benzene rings is 3. The topological polar surface area (TPSA) is 0 Å². The van der Waals surface area contributed by atoms with E-state index in [1.54, 1.807) is 0 Å². The predicted octanol–water partition coefficient (Wildman–Crippen LogP) is 3.08. The molecule has 0 N–H and O–H groups in total. The molecule has 0 fully saturated rings. The van der Waals surface area contributed by atoms with Gasteiger partial charge in [0.25, 0.3) is 0 Å². The lowest BCUT2D eigenvalue weighted by molar-refractivity contribution is 1.74. The van der Waals surface area contributed by atoms with Crippen LogP contribution < -0.4 is 10.9 Å². The van der Waals surface area contributed by atoms with Crippen molar-refractivity contribution in [2.75, 3.05) is 0 Å². The van der Waals surface area contributed by atoms with Crippen molar-refractivity contribution in [2.24, 2.45) is 0 Å². The molecule has 3 aromatic carbocycles. The lowest BCUT2D eigenvalue weighted by atomic mass is 9.42. The van der Waals surface area contributed by atoms with E-state index in [1.165, 1.54) is 21.7 Å². The first-order chi connectivity index (χ1) is 8.86. The van der Waals surface area contributed by atoms with Crippen LogP contribution in [0.1, 0.15) is 0 Å². The Labute approximate surface area is 108 Å². The monoisotopic (exact) mass is 230 g/mol. The van der Waals surface area contributed by atoms with Gasteiger partial charge in [-0.15, -0.1) is 12.1 Å². The van der Waals surface area contributed by atoms with Gasteiger partial charge in [0.2, 0.25) is 0 Å². The molecule has 0 unspecified atom stereocenters. The van der Waals surface area contributed by atoms with Crippen LogP contribution in [0, 0.1) is 0 Å². The summed E-state index contributed by atoms with van der Waals surface area (Å²) in [5.74, 6) is 0. The molecule has 0 aromatic heterocycles. The summed E-state index contributed by atoms with van der Waals surface area (Å²) in [6.07, 6.45) is 0. The van der Waals surface area contributed by atoms with Crippen LogP contribution in [-0.2, 0) is 0 Å². The van der Waals surface area contributed by atoms with Gasteiger partial charge in [-0.05, 0) is 5.39 Å². The Morgan fingerprint density at radius 1 is 0.667 bits per heavy atom. The van der Waals surface area contributed by atoms with E-state index in [4.69, 9.17) is 0 Å². The van der Waals surface area contributed by atoms with Gasteiger partial charge >= 0.3 is 0 Å². The molecule has 0 heterocycles. The molecule has 0 saturated carbocycles. The maximum absolute atomic E-state index is 2.27. The highest BCUT2D eigenvalue weighted by atomic mass is 14.0. The third-order valence-corrected chi connectivity index (χ3v) is 3.59. The molecule has 0 aliphatic rings. The Hall–Kier alpha value is -2.02. The van der Waals surface area contributed by atoms with E-state index in [0.29, 0.717) is 6.71 Å². The summed E-state index contributed by atoms with van der Waals surface area (Å²) < 4.78 is 0. The van der Waals surface area contributed by atoms with Crippen molar-refractivity contribution in [3.8, 4) is 0 Å². The highest BCUT2D eigenvalue weighted by molar-refractivity contribution is 6.85. The highest BCUT2D eigenvalue weighted by Gasteiger charge is 2.00. The van der Waals surface area contributed by atoms with E-state index in [9.17, 15) is 0 Å². The van der Waals surface area contributed by atoms with Crippen LogP contribution >= 0.6 is 0 Å². The van der Waals surface area contributed by atoms with Crippen LogP contribution in [0.2, 0.25) is 6.82 Å². The van der Waals surface area contributed by atoms with Crippen LogP contribution in [0.15, 0.2) is 72.8 Å². The molecule has 0 nitrogen and oxygen atoms in total. The first-order valence-electron chi connectivity index (χ1n) is 6.39. The van der Waals surface area contributed by atoms with Crippen LogP contribution in [0.4, 0.5) is 0 Å². The molecule has 3 rings (SSSR count). The second-order valence-electron chi connectivity index (χ2n) is 4.70. The zero-order chi connectivity index (χ0) is 12.4. The molecule has 87 valence electrons. The number of fused-ring (bicyclic) bond motifs is 1. The predicted molar refractivity (Wildman–Crippen MR) is 81.3 cm³/mol. The van der Waals surface area contributed by atoms with Crippen molar-refractivity contribution in [1.29, 1.82) is 0 Å². The minimum absolute atomic E-state index is 0.428. The Bertz CT molecular complexity index is 653. The zero-order valence-electron chi connectivity index (χ0n) is 10.5. The van der Waals surface area contributed by atoms with E-state index in [2.05, 4.69) is 79.6 Å². The number of hydrogen-bond acceptors (Lipinski definition) is 0. The van der Waals surface area contributed by atoms with E-state index >= 15 is 0 Å². The summed E-state index contributed by atoms with van der Waals surface area (Å²) in [6.45, 7) is 2.70. The van der Waals surface area contributed by atoms with Crippen LogP contribution in [0.25, 0.3) is 10.8 Å². The molecule has 0 amide bonds. The lowest BCUT2D eigenvalue weighted by Crippen LogP contribution is -2.39. The van der Waals surface area contributed by atoms with Crippen molar-refractivity contribution in [3.05, 3.63) is 72.8 Å². The summed E-state index contributed by atoms with van der Waals surface area (Å²) in [7, 11) is 0. The first kappa shape index (κ1) is 11.1. The van der Waals surface area contributed by atoms with Gasteiger partial charge in [-0.2, -0.15) is 0 Å². The van der Waals surface area contributed by atoms with E-state index in [1.807, 2.05) is 0 Å². The smallest absolute Gasteiger partial charge is 0.0217 e. The second-order valence-corrected chi connectivity index (χ2v) is 4.70. The Morgan fingerprint density at radius 2 is 1.33 bits per heavy atom. The van der Waals surface area contributed by atoms with Gasteiger partial charge < -0.3 is 0 Å². The summed E-state index contributed by atoms with van der Waals surface area (Å²) in [5.41, 5.74) is 2.77. The second kappa shape index (κ2) is 4.69. The maximum Gasteiger partial charge on any atom is -0.0217 e. The molecular weight excluding hydrogens is 215 g/mol. The fourth-order valence-electron chi connectivity index (χ4n) is 2.55. The summed E-state index contributed by atoms with van der Waals surface area (Å²) in [4.78, 5) is 0. The van der Waals surface area contributed by atoms with Crippen molar-refractivity contribution in [2.45, 2.75) is 6.82 Å². The standard InChI is InChI=1S/C17H15B/c1-18(15-10-3-2-4-11-15)17-13-7-9-14-8-5-6-12-16(14)17/h2-13H,1H3/q-1. The van der Waals surface area contributed by atoms with Crippen molar-refractivity contribution in [3.63, 3.8) is 0 Å². The Balaban J connectivity index is 2.15. The van der Waals surface area contributed by atoms with Crippen molar-refractivity contribution < 1.29 is 0 Å². The minimum Gasteiger partial charge on any atom is -0.239 e. The average molecular weight is 230 g/mol. The molecule has 0 bridgehead atoms. The molecule has 3 aromatic rings. The third-order valence-electron chi connectivity index (χ3n) is 3.59. The Kier molecular flexibility index (Phi) is 2.89. The van der Waals surface area contributed by atoms with Gasteiger partial charge in [0.15, 0.2) is 0 Å². The largest absolute Gasteiger partial charge is 0.239 e. The van der Waals surface area contributed by atoms with Gasteiger partial charge in [-0.1, -0.05) is 72.8 Å². The van der Waals surface area contributed by atoms with E-state index in [-0.39, 0.29) is 0 Å². The lowest BCUT2D eigenvalue weighted by Gasteiger charge is -2.25. The molecule has 1 heteroatoms.